The number of nitrogens with zero attached hydrogens (tertiary/aromatic N) is 2. The smallest absolute Gasteiger partial charge is 0.332 e. The van der Waals surface area contributed by atoms with Crippen molar-refractivity contribution in [2.45, 2.75) is 19.0 Å². The van der Waals surface area contributed by atoms with Crippen LogP contribution in [0.5, 0.6) is 11.5 Å². The second kappa shape index (κ2) is 9.07. The van der Waals surface area contributed by atoms with E-state index in [1.807, 2.05) is 0 Å². The number of nitrogens with one attached hydrogen (secondary N) is 1. The second-order valence-electron chi connectivity index (χ2n) is 7.88. The van der Waals surface area contributed by atoms with E-state index in [1.165, 1.54) is 4.90 Å². The third-order valence-electron chi connectivity index (χ3n) is 5.63. The molecule has 3 aromatic carbocycles. The van der Waals surface area contributed by atoms with E-state index in [9.17, 15) is 14.4 Å². The van der Waals surface area contributed by atoms with Crippen molar-refractivity contribution in [2.24, 2.45) is 0 Å². The summed E-state index contributed by atoms with van der Waals surface area (Å²) in [6.45, 7) is 0.263. The Morgan fingerprint density at radius 1 is 0.971 bits per heavy atom. The molecule has 34 heavy (non-hydrogen) atoms. The number of anilines is 2. The zero-order valence-corrected chi connectivity index (χ0v) is 18.7. The maximum absolute atomic E-state index is 13.4. The van der Waals surface area contributed by atoms with Crippen molar-refractivity contribution < 1.29 is 23.9 Å². The average Bonchev–Trinajstić information content (AvgIpc) is 3.39. The van der Waals surface area contributed by atoms with E-state index in [0.717, 1.165) is 10.5 Å². The number of para-hydroxylation sites is 1. The van der Waals surface area contributed by atoms with Gasteiger partial charge in [0.05, 0.1) is 12.1 Å². The van der Waals surface area contributed by atoms with Crippen molar-refractivity contribution in [1.82, 2.24) is 4.90 Å². The molecule has 1 atom stereocenters. The van der Waals surface area contributed by atoms with Gasteiger partial charge in [-0.15, -0.1) is 0 Å². The summed E-state index contributed by atoms with van der Waals surface area (Å²) in [6.07, 6.45) is -0.193. The number of hydrogen-bond donors (Lipinski definition) is 1. The molecule has 1 saturated heterocycles. The normalized spacial score (nSPS) is 16.8. The molecule has 2 aliphatic heterocycles. The van der Waals surface area contributed by atoms with Crippen LogP contribution in [-0.2, 0) is 16.1 Å². The fraction of sp³-hybridized carbons (Fsp3) is 0.160. The first kappa shape index (κ1) is 21.8. The number of carbonyl (C=O) groups excluding carboxylic acids is 3. The SMILES string of the molecule is O=C(CC1C(=O)N(c2ccccc2)C(=O)N1Cc1ccc2c(c1)OCO2)Nc1ccc(Cl)cc1. The van der Waals surface area contributed by atoms with Crippen LogP contribution in [0.25, 0.3) is 0 Å². The van der Waals surface area contributed by atoms with E-state index in [4.69, 9.17) is 21.1 Å². The molecule has 8 nitrogen and oxygen atoms in total. The molecule has 2 heterocycles. The van der Waals surface area contributed by atoms with Crippen LogP contribution in [0.1, 0.15) is 12.0 Å². The standard InChI is InChI=1S/C25H20ClN3O5/c26-17-7-9-18(10-8-17)27-23(30)13-20-24(31)29(19-4-2-1-3-5-19)25(32)28(20)14-16-6-11-21-22(12-16)34-15-33-21/h1-12,20H,13-15H2,(H,27,30). The van der Waals surface area contributed by atoms with Crippen LogP contribution in [0.4, 0.5) is 16.2 Å². The van der Waals surface area contributed by atoms with Crippen molar-refractivity contribution >= 4 is 40.8 Å². The van der Waals surface area contributed by atoms with Gasteiger partial charge in [-0.05, 0) is 54.1 Å². The van der Waals surface area contributed by atoms with Crippen molar-refractivity contribution in [3.63, 3.8) is 0 Å². The van der Waals surface area contributed by atoms with E-state index in [1.54, 1.807) is 72.8 Å². The van der Waals surface area contributed by atoms with E-state index >= 15 is 0 Å². The molecule has 0 aromatic heterocycles. The quantitative estimate of drug-likeness (QED) is 0.530. The second-order valence-corrected chi connectivity index (χ2v) is 8.32. The van der Waals surface area contributed by atoms with Gasteiger partial charge in [0.1, 0.15) is 6.04 Å². The number of fused-ring (bicyclic) bond motifs is 1. The Kier molecular flexibility index (Phi) is 5.81. The van der Waals surface area contributed by atoms with Gasteiger partial charge < -0.3 is 19.7 Å². The molecule has 0 bridgehead atoms. The molecule has 0 radical (unpaired) electrons. The molecule has 4 amide bonds. The lowest BCUT2D eigenvalue weighted by molar-refractivity contribution is -0.124. The highest BCUT2D eigenvalue weighted by atomic mass is 35.5. The molecule has 172 valence electrons. The lowest BCUT2D eigenvalue weighted by Crippen LogP contribution is -2.37. The molecule has 0 spiro atoms. The van der Waals surface area contributed by atoms with E-state index in [0.29, 0.717) is 27.9 Å². The molecule has 1 fully saturated rings. The van der Waals surface area contributed by atoms with Crippen molar-refractivity contribution in [1.29, 1.82) is 0 Å². The Balaban J connectivity index is 1.40. The molecule has 1 N–H and O–H groups in total. The largest absolute Gasteiger partial charge is 0.454 e. The first-order valence-electron chi connectivity index (χ1n) is 10.6. The maximum atomic E-state index is 13.4. The van der Waals surface area contributed by atoms with Crippen LogP contribution in [0.15, 0.2) is 72.8 Å². The first-order chi connectivity index (χ1) is 16.5. The fourth-order valence-electron chi connectivity index (χ4n) is 3.99. The Morgan fingerprint density at radius 2 is 1.71 bits per heavy atom. The monoisotopic (exact) mass is 477 g/mol. The van der Waals surface area contributed by atoms with Gasteiger partial charge in [-0.2, -0.15) is 0 Å². The number of amides is 4. The number of halogens is 1. The van der Waals surface area contributed by atoms with Gasteiger partial charge in [0.15, 0.2) is 11.5 Å². The van der Waals surface area contributed by atoms with Crippen LogP contribution in [0.2, 0.25) is 5.02 Å². The van der Waals surface area contributed by atoms with Gasteiger partial charge in [0.25, 0.3) is 5.91 Å². The molecule has 9 heteroatoms. The number of imide groups is 1. The lowest BCUT2D eigenvalue weighted by atomic mass is 10.1. The number of rotatable bonds is 6. The van der Waals surface area contributed by atoms with Gasteiger partial charge in [-0.1, -0.05) is 35.9 Å². The summed E-state index contributed by atoms with van der Waals surface area (Å²) in [7, 11) is 0. The zero-order chi connectivity index (χ0) is 23.7. The topological polar surface area (TPSA) is 88.2 Å². The Morgan fingerprint density at radius 3 is 2.47 bits per heavy atom. The Labute approximate surface area is 200 Å². The minimum atomic E-state index is -0.967. The van der Waals surface area contributed by atoms with Crippen molar-refractivity contribution in [3.05, 3.63) is 83.4 Å². The first-order valence-corrected chi connectivity index (χ1v) is 11.0. The van der Waals surface area contributed by atoms with Gasteiger partial charge >= 0.3 is 6.03 Å². The summed E-state index contributed by atoms with van der Waals surface area (Å²) < 4.78 is 10.8. The molecule has 0 aliphatic carbocycles. The fourth-order valence-corrected chi connectivity index (χ4v) is 4.11. The molecule has 5 rings (SSSR count). The summed E-state index contributed by atoms with van der Waals surface area (Å²) in [5, 5.41) is 3.31. The van der Waals surface area contributed by atoms with Gasteiger partial charge in [0, 0.05) is 17.3 Å². The summed E-state index contributed by atoms with van der Waals surface area (Å²) in [6, 6.07) is 19.2. The summed E-state index contributed by atoms with van der Waals surface area (Å²) in [5.41, 5.74) is 1.76. The highest BCUT2D eigenvalue weighted by Crippen LogP contribution is 2.34. The molecular weight excluding hydrogens is 458 g/mol. The molecule has 2 aliphatic rings. The third-order valence-corrected chi connectivity index (χ3v) is 5.88. The third kappa shape index (κ3) is 4.27. The number of ether oxygens (including phenoxy) is 2. The molecular formula is C25H20ClN3O5. The number of hydrogen-bond acceptors (Lipinski definition) is 5. The Bertz CT molecular complexity index is 1250. The highest BCUT2D eigenvalue weighted by Gasteiger charge is 2.46. The van der Waals surface area contributed by atoms with E-state index in [2.05, 4.69) is 5.32 Å². The van der Waals surface area contributed by atoms with Crippen LogP contribution < -0.4 is 19.7 Å². The summed E-state index contributed by atoms with van der Waals surface area (Å²) in [4.78, 5) is 42.1. The minimum absolute atomic E-state index is 0.128. The molecule has 1 unspecified atom stereocenters. The summed E-state index contributed by atoms with van der Waals surface area (Å²) >= 11 is 5.90. The van der Waals surface area contributed by atoms with Gasteiger partial charge in [0.2, 0.25) is 12.7 Å². The van der Waals surface area contributed by atoms with Crippen molar-refractivity contribution in [2.75, 3.05) is 17.0 Å². The molecule has 0 saturated carbocycles. The number of carbonyl (C=O) groups is 3. The number of urea groups is 1. The van der Waals surface area contributed by atoms with Crippen molar-refractivity contribution in [3.8, 4) is 11.5 Å². The van der Waals surface area contributed by atoms with Gasteiger partial charge in [-0.25, -0.2) is 9.69 Å². The minimum Gasteiger partial charge on any atom is -0.454 e. The van der Waals surface area contributed by atoms with Crippen LogP contribution in [0, 0.1) is 0 Å². The summed E-state index contributed by atoms with van der Waals surface area (Å²) in [5.74, 6) is 0.354. The van der Waals surface area contributed by atoms with Crippen LogP contribution in [0.3, 0.4) is 0 Å². The van der Waals surface area contributed by atoms with Crippen LogP contribution in [-0.4, -0.2) is 35.6 Å². The number of benzene rings is 3. The highest BCUT2D eigenvalue weighted by molar-refractivity contribution is 6.30. The van der Waals surface area contributed by atoms with E-state index in [-0.39, 0.29) is 25.7 Å². The molecule has 3 aromatic rings. The maximum Gasteiger partial charge on any atom is 0.332 e. The van der Waals surface area contributed by atoms with Gasteiger partial charge in [-0.3, -0.25) is 9.59 Å². The Hall–Kier alpha value is -4.04. The lowest BCUT2D eigenvalue weighted by Gasteiger charge is -2.22. The zero-order valence-electron chi connectivity index (χ0n) is 17.9. The van der Waals surface area contributed by atoms with E-state index < -0.39 is 18.0 Å². The average molecular weight is 478 g/mol. The predicted octanol–water partition coefficient (Wildman–Crippen LogP) is 4.43. The van der Waals surface area contributed by atoms with Crippen LogP contribution >= 0.6 is 11.6 Å². The predicted molar refractivity (Wildman–Crippen MR) is 126 cm³/mol.